The number of anilines is 1. The fourth-order valence-electron chi connectivity index (χ4n) is 2.89. The number of carboxylic acids is 1. The van der Waals surface area contributed by atoms with E-state index < -0.39 is 23.3 Å². The van der Waals surface area contributed by atoms with E-state index in [1.807, 2.05) is 18.2 Å². The third-order valence-corrected chi connectivity index (χ3v) is 5.54. The fraction of sp³-hybridized carbons (Fsp3) is 0.250. The van der Waals surface area contributed by atoms with Gasteiger partial charge in [0.15, 0.2) is 6.61 Å². The molecule has 0 bridgehead atoms. The first kappa shape index (κ1) is 25.8. The highest BCUT2D eigenvalue weighted by Crippen LogP contribution is 2.28. The van der Waals surface area contributed by atoms with Gasteiger partial charge in [-0.05, 0) is 37.1 Å². The van der Waals surface area contributed by atoms with Gasteiger partial charge in [-0.1, -0.05) is 6.07 Å². The summed E-state index contributed by atoms with van der Waals surface area (Å²) in [6, 6.07) is 5.53. The molecule has 176 valence electrons. The lowest BCUT2D eigenvalue weighted by atomic mass is 10.1. The highest BCUT2D eigenvalue weighted by molar-refractivity contribution is 7.20. The predicted molar refractivity (Wildman–Crippen MR) is 124 cm³/mol. The molecule has 1 aliphatic rings. The van der Waals surface area contributed by atoms with Crippen LogP contribution in [-0.2, 0) is 16.1 Å². The van der Waals surface area contributed by atoms with Crippen LogP contribution in [0, 0.1) is 6.92 Å². The molecule has 4 rings (SSSR count). The first-order valence-electron chi connectivity index (χ1n) is 9.44. The van der Waals surface area contributed by atoms with Gasteiger partial charge in [0.05, 0.1) is 17.7 Å². The number of hydrogen-bond acceptors (Lipinski definition) is 9. The number of thiophene rings is 1. The van der Waals surface area contributed by atoms with E-state index in [1.54, 1.807) is 13.8 Å². The van der Waals surface area contributed by atoms with Gasteiger partial charge in [0.25, 0.3) is 11.5 Å². The SMILES string of the molecule is CCOC(=O)c1sc2nc(C(=O)O)[nH]c(=O)c2c1C.Cl.NCc1ccc2c(c1)NC(=O)CO2. The van der Waals surface area contributed by atoms with E-state index in [9.17, 15) is 19.2 Å². The van der Waals surface area contributed by atoms with Crippen LogP contribution in [0.25, 0.3) is 10.2 Å². The number of benzene rings is 1. The highest BCUT2D eigenvalue weighted by atomic mass is 35.5. The number of aromatic amines is 1. The van der Waals surface area contributed by atoms with Crippen LogP contribution in [0.3, 0.4) is 0 Å². The normalized spacial score (nSPS) is 11.8. The molecule has 0 saturated carbocycles. The van der Waals surface area contributed by atoms with Crippen LogP contribution >= 0.6 is 23.7 Å². The molecule has 1 aliphatic heterocycles. The maximum Gasteiger partial charge on any atom is 0.372 e. The zero-order chi connectivity index (χ0) is 23.4. The number of carboxylic acid groups (broad SMARTS) is 1. The minimum absolute atomic E-state index is 0. The van der Waals surface area contributed by atoms with Crippen molar-refractivity contribution in [3.63, 3.8) is 0 Å². The third-order valence-electron chi connectivity index (χ3n) is 4.38. The van der Waals surface area contributed by atoms with Crippen LogP contribution in [0.2, 0.25) is 0 Å². The van der Waals surface area contributed by atoms with Crippen LogP contribution in [-0.4, -0.2) is 46.1 Å². The Hall–Kier alpha value is -3.48. The van der Waals surface area contributed by atoms with E-state index in [2.05, 4.69) is 15.3 Å². The van der Waals surface area contributed by atoms with E-state index >= 15 is 0 Å². The van der Waals surface area contributed by atoms with Gasteiger partial charge in [-0.25, -0.2) is 14.6 Å². The number of esters is 1. The molecule has 1 amide bonds. The quantitative estimate of drug-likeness (QED) is 0.394. The van der Waals surface area contributed by atoms with Gasteiger partial charge in [-0.3, -0.25) is 9.59 Å². The number of carbonyl (C=O) groups excluding carboxylic acids is 2. The van der Waals surface area contributed by atoms with Crippen LogP contribution in [0.4, 0.5) is 5.69 Å². The molecule has 1 aromatic carbocycles. The summed E-state index contributed by atoms with van der Waals surface area (Å²) in [6.07, 6.45) is 0. The Balaban J connectivity index is 0.000000241. The molecule has 0 atom stereocenters. The number of halogens is 1. The first-order chi connectivity index (χ1) is 15.2. The summed E-state index contributed by atoms with van der Waals surface area (Å²) in [6.45, 7) is 4.05. The lowest BCUT2D eigenvalue weighted by Crippen LogP contribution is -2.25. The van der Waals surface area contributed by atoms with Crippen molar-refractivity contribution >= 4 is 57.5 Å². The van der Waals surface area contributed by atoms with E-state index in [4.69, 9.17) is 20.3 Å². The first-order valence-corrected chi connectivity index (χ1v) is 10.3. The largest absolute Gasteiger partial charge is 0.482 e. The molecule has 0 radical (unpaired) electrons. The second kappa shape index (κ2) is 10.9. The van der Waals surface area contributed by atoms with Gasteiger partial charge in [0, 0.05) is 6.54 Å². The van der Waals surface area contributed by atoms with Crippen molar-refractivity contribution in [3.05, 3.63) is 50.4 Å². The average Bonchev–Trinajstić information content (AvgIpc) is 3.10. The average molecular weight is 497 g/mol. The monoisotopic (exact) mass is 496 g/mol. The lowest BCUT2D eigenvalue weighted by molar-refractivity contribution is -0.118. The Kier molecular flexibility index (Phi) is 8.51. The summed E-state index contributed by atoms with van der Waals surface area (Å²) in [5.74, 6) is -1.74. The maximum atomic E-state index is 11.8. The summed E-state index contributed by atoms with van der Waals surface area (Å²) >= 11 is 0.949. The molecule has 13 heteroatoms. The second-order valence-corrected chi connectivity index (χ2v) is 7.55. The fourth-order valence-corrected chi connectivity index (χ4v) is 3.97. The van der Waals surface area contributed by atoms with Crippen molar-refractivity contribution in [2.24, 2.45) is 5.73 Å². The standard InChI is InChI=1S/C11H10N2O5S.C9H10N2O2.ClH/c1-3-18-11(17)6-4(2)5-8(14)12-7(10(15)16)13-9(5)19-6;10-4-6-1-2-8-7(3-6)11-9(12)5-13-8;/h3H2,1-2H3,(H,15,16)(H,12,13,14);1-3H,4-5,10H2,(H,11,12);1H. The summed E-state index contributed by atoms with van der Waals surface area (Å²) in [5, 5.41) is 11.8. The van der Waals surface area contributed by atoms with Crippen molar-refractivity contribution in [3.8, 4) is 5.75 Å². The Labute approximate surface area is 197 Å². The Morgan fingerprint density at radius 2 is 2.06 bits per heavy atom. The molecule has 3 aromatic rings. The van der Waals surface area contributed by atoms with Crippen LogP contribution in [0.15, 0.2) is 23.0 Å². The van der Waals surface area contributed by atoms with Gasteiger partial charge in [0.1, 0.15) is 15.5 Å². The number of carbonyl (C=O) groups is 3. The highest BCUT2D eigenvalue weighted by Gasteiger charge is 2.21. The molecule has 33 heavy (non-hydrogen) atoms. The number of hydrogen-bond donors (Lipinski definition) is 4. The molecule has 0 fully saturated rings. The van der Waals surface area contributed by atoms with Crippen LogP contribution in [0.1, 0.15) is 38.3 Å². The Morgan fingerprint density at radius 1 is 1.33 bits per heavy atom. The summed E-state index contributed by atoms with van der Waals surface area (Å²) < 4.78 is 10.1. The Bertz CT molecular complexity index is 1270. The van der Waals surface area contributed by atoms with Crippen LogP contribution in [0.5, 0.6) is 5.75 Å². The van der Waals surface area contributed by atoms with Crippen molar-refractivity contribution < 1.29 is 29.0 Å². The summed E-state index contributed by atoms with van der Waals surface area (Å²) in [4.78, 5) is 51.7. The number of H-pyrrole nitrogens is 1. The number of fused-ring (bicyclic) bond motifs is 2. The molecule has 11 nitrogen and oxygen atoms in total. The van der Waals surface area contributed by atoms with Gasteiger partial charge >= 0.3 is 11.9 Å². The number of aromatic nitrogens is 2. The smallest absolute Gasteiger partial charge is 0.372 e. The summed E-state index contributed by atoms with van der Waals surface area (Å²) in [7, 11) is 0. The van der Waals surface area contributed by atoms with Crippen molar-refractivity contribution in [1.29, 1.82) is 0 Å². The molecule has 0 aliphatic carbocycles. The van der Waals surface area contributed by atoms with E-state index in [-0.39, 0.29) is 46.6 Å². The maximum absolute atomic E-state index is 11.8. The lowest BCUT2D eigenvalue weighted by Gasteiger charge is -2.18. The molecular weight excluding hydrogens is 476 g/mol. The van der Waals surface area contributed by atoms with Crippen molar-refractivity contribution in [1.82, 2.24) is 9.97 Å². The predicted octanol–water partition coefficient (Wildman–Crippen LogP) is 2.07. The van der Waals surface area contributed by atoms with E-state index in [0.717, 1.165) is 16.9 Å². The third kappa shape index (κ3) is 5.66. The molecule has 0 saturated heterocycles. The molecule has 0 unspecified atom stereocenters. The molecule has 3 heterocycles. The molecule has 0 spiro atoms. The van der Waals surface area contributed by atoms with E-state index in [1.165, 1.54) is 0 Å². The molecular formula is C20H21ClN4O7S. The number of aromatic carboxylic acids is 1. The Morgan fingerprint density at radius 3 is 2.70 bits per heavy atom. The summed E-state index contributed by atoms with van der Waals surface area (Å²) in [5.41, 5.74) is 7.02. The topological polar surface area (TPSA) is 174 Å². The zero-order valence-electron chi connectivity index (χ0n) is 17.6. The van der Waals surface area contributed by atoms with E-state index in [0.29, 0.717) is 23.5 Å². The van der Waals surface area contributed by atoms with Gasteiger partial charge in [0.2, 0.25) is 5.82 Å². The number of rotatable bonds is 4. The minimum Gasteiger partial charge on any atom is -0.482 e. The zero-order valence-corrected chi connectivity index (χ0v) is 19.2. The minimum atomic E-state index is -1.33. The number of ether oxygens (including phenoxy) is 2. The molecule has 2 aromatic heterocycles. The van der Waals surface area contributed by atoms with Gasteiger partial charge < -0.3 is 30.6 Å². The second-order valence-electron chi connectivity index (χ2n) is 6.55. The van der Waals surface area contributed by atoms with Gasteiger partial charge in [-0.15, -0.1) is 23.7 Å². The van der Waals surface area contributed by atoms with Crippen LogP contribution < -0.4 is 21.3 Å². The number of amides is 1. The van der Waals surface area contributed by atoms with Crippen molar-refractivity contribution in [2.75, 3.05) is 18.5 Å². The number of nitrogens with one attached hydrogen (secondary N) is 2. The van der Waals surface area contributed by atoms with Gasteiger partial charge in [-0.2, -0.15) is 0 Å². The van der Waals surface area contributed by atoms with Crippen molar-refractivity contribution in [2.45, 2.75) is 20.4 Å². The number of aryl methyl sites for hydroxylation is 1. The number of nitrogens with zero attached hydrogens (tertiary/aromatic N) is 1. The molecule has 5 N–H and O–H groups in total. The number of nitrogens with two attached hydrogens (primary N) is 1.